The van der Waals surface area contributed by atoms with Gasteiger partial charge in [0.05, 0.1) is 5.39 Å². The predicted molar refractivity (Wildman–Crippen MR) is 72.4 cm³/mol. The molecule has 0 saturated heterocycles. The Labute approximate surface area is 104 Å². The van der Waals surface area contributed by atoms with Crippen molar-refractivity contribution in [2.24, 2.45) is 5.92 Å². The Bertz CT molecular complexity index is 532. The molecule has 17 heavy (non-hydrogen) atoms. The minimum atomic E-state index is 0.371. The van der Waals surface area contributed by atoms with Gasteiger partial charge >= 0.3 is 0 Å². The average Bonchev–Trinajstić information content (AvgIpc) is 2.69. The molecule has 1 saturated carbocycles. The van der Waals surface area contributed by atoms with Crippen molar-refractivity contribution in [2.75, 3.05) is 24.2 Å². The molecule has 4 nitrogen and oxygen atoms in total. The Hall–Kier alpha value is -1.36. The number of nitrogen functional groups attached to an aromatic ring is 1. The minimum absolute atomic E-state index is 0.371. The largest absolute Gasteiger partial charge is 0.368 e. The zero-order valence-electron chi connectivity index (χ0n) is 9.89. The summed E-state index contributed by atoms with van der Waals surface area (Å²) in [6, 6.07) is 2.08. The van der Waals surface area contributed by atoms with Gasteiger partial charge in [-0.15, -0.1) is 11.3 Å². The van der Waals surface area contributed by atoms with Gasteiger partial charge in [-0.25, -0.2) is 4.98 Å². The second kappa shape index (κ2) is 4.14. The van der Waals surface area contributed by atoms with Gasteiger partial charge in [0.15, 0.2) is 0 Å². The van der Waals surface area contributed by atoms with Crippen molar-refractivity contribution in [3.8, 4) is 0 Å². The van der Waals surface area contributed by atoms with Gasteiger partial charge in [-0.1, -0.05) is 6.42 Å². The van der Waals surface area contributed by atoms with Crippen molar-refractivity contribution in [1.82, 2.24) is 9.97 Å². The molecule has 0 atom stereocenters. The second-order valence-corrected chi connectivity index (χ2v) is 5.62. The molecule has 3 rings (SSSR count). The molecule has 1 aliphatic carbocycles. The highest BCUT2D eigenvalue weighted by Gasteiger charge is 2.21. The molecule has 1 fully saturated rings. The van der Waals surface area contributed by atoms with Crippen molar-refractivity contribution in [1.29, 1.82) is 0 Å². The third-order valence-electron chi connectivity index (χ3n) is 3.44. The predicted octanol–water partition coefficient (Wildman–Crippen LogP) is 2.51. The van der Waals surface area contributed by atoms with Gasteiger partial charge < -0.3 is 10.6 Å². The molecule has 0 bridgehead atoms. The summed E-state index contributed by atoms with van der Waals surface area (Å²) in [5.74, 6) is 2.17. The van der Waals surface area contributed by atoms with Crippen LogP contribution in [0.2, 0.25) is 0 Å². The number of thiophene rings is 1. The molecule has 0 spiro atoms. The first-order chi connectivity index (χ1) is 8.24. The molecule has 90 valence electrons. The SMILES string of the molecule is CN(CC1CCC1)c1nc(N)nc2sccc12. The fourth-order valence-corrected chi connectivity index (χ4v) is 3.06. The van der Waals surface area contributed by atoms with Crippen LogP contribution in [0.4, 0.5) is 11.8 Å². The standard InChI is InChI=1S/C12H16N4S/c1-16(7-8-3-2-4-8)10-9-5-6-17-11(9)15-12(13)14-10/h5-6,8H,2-4,7H2,1H3,(H2,13,14,15). The lowest BCUT2D eigenvalue weighted by Gasteiger charge is -2.30. The van der Waals surface area contributed by atoms with Crippen LogP contribution in [0.25, 0.3) is 10.2 Å². The number of aromatic nitrogens is 2. The molecule has 1 aliphatic rings. The van der Waals surface area contributed by atoms with Crippen LogP contribution in [0.15, 0.2) is 11.4 Å². The molecule has 0 radical (unpaired) electrons. The van der Waals surface area contributed by atoms with Crippen LogP contribution in [-0.2, 0) is 0 Å². The van der Waals surface area contributed by atoms with Crippen LogP contribution >= 0.6 is 11.3 Å². The van der Waals surface area contributed by atoms with E-state index in [2.05, 4.69) is 28.0 Å². The van der Waals surface area contributed by atoms with Gasteiger partial charge in [0, 0.05) is 13.6 Å². The normalized spacial score (nSPS) is 16.1. The lowest BCUT2D eigenvalue weighted by molar-refractivity contribution is 0.321. The fourth-order valence-electron chi connectivity index (χ4n) is 2.30. The first-order valence-electron chi connectivity index (χ1n) is 5.96. The zero-order chi connectivity index (χ0) is 11.8. The summed E-state index contributed by atoms with van der Waals surface area (Å²) in [6.07, 6.45) is 4.06. The smallest absolute Gasteiger partial charge is 0.223 e. The van der Waals surface area contributed by atoms with Crippen molar-refractivity contribution < 1.29 is 0 Å². The summed E-state index contributed by atoms with van der Waals surface area (Å²) < 4.78 is 0. The Kier molecular flexibility index (Phi) is 2.63. The van der Waals surface area contributed by atoms with Crippen molar-refractivity contribution in [2.45, 2.75) is 19.3 Å². The second-order valence-electron chi connectivity index (χ2n) is 4.72. The quantitative estimate of drug-likeness (QED) is 0.906. The third-order valence-corrected chi connectivity index (χ3v) is 4.25. The van der Waals surface area contributed by atoms with Crippen LogP contribution in [0.5, 0.6) is 0 Å². The van der Waals surface area contributed by atoms with E-state index in [9.17, 15) is 0 Å². The molecule has 5 heteroatoms. The van der Waals surface area contributed by atoms with E-state index >= 15 is 0 Å². The molecular weight excluding hydrogens is 232 g/mol. The van der Waals surface area contributed by atoms with Crippen molar-refractivity contribution in [3.63, 3.8) is 0 Å². The maximum atomic E-state index is 5.76. The Balaban J connectivity index is 1.94. The van der Waals surface area contributed by atoms with E-state index in [1.54, 1.807) is 11.3 Å². The van der Waals surface area contributed by atoms with E-state index in [1.807, 2.05) is 5.38 Å². The Morgan fingerprint density at radius 1 is 1.47 bits per heavy atom. The van der Waals surface area contributed by atoms with E-state index < -0.39 is 0 Å². The summed E-state index contributed by atoms with van der Waals surface area (Å²) in [5.41, 5.74) is 5.76. The van der Waals surface area contributed by atoms with Gasteiger partial charge in [0.25, 0.3) is 0 Å². The van der Waals surface area contributed by atoms with Crippen LogP contribution in [0, 0.1) is 5.92 Å². The number of fused-ring (bicyclic) bond motifs is 1. The van der Waals surface area contributed by atoms with Gasteiger partial charge in [-0.05, 0) is 30.2 Å². The van der Waals surface area contributed by atoms with Gasteiger partial charge in [-0.3, -0.25) is 0 Å². The monoisotopic (exact) mass is 248 g/mol. The third kappa shape index (κ3) is 1.95. The lowest BCUT2D eigenvalue weighted by Crippen LogP contribution is -2.30. The molecule has 2 heterocycles. The molecule has 2 aromatic rings. The Morgan fingerprint density at radius 2 is 2.29 bits per heavy atom. The lowest BCUT2D eigenvalue weighted by atomic mass is 9.85. The van der Waals surface area contributed by atoms with Gasteiger partial charge in [-0.2, -0.15) is 4.98 Å². The molecule has 0 amide bonds. The number of rotatable bonds is 3. The highest BCUT2D eigenvalue weighted by atomic mass is 32.1. The number of nitrogens with two attached hydrogens (primary N) is 1. The fraction of sp³-hybridized carbons (Fsp3) is 0.500. The summed E-state index contributed by atoms with van der Waals surface area (Å²) in [5, 5.41) is 3.16. The molecule has 2 N–H and O–H groups in total. The average molecular weight is 248 g/mol. The summed E-state index contributed by atoms with van der Waals surface area (Å²) in [7, 11) is 2.09. The zero-order valence-corrected chi connectivity index (χ0v) is 10.7. The minimum Gasteiger partial charge on any atom is -0.368 e. The topological polar surface area (TPSA) is 55.0 Å². The van der Waals surface area contributed by atoms with E-state index in [1.165, 1.54) is 19.3 Å². The molecule has 0 aliphatic heterocycles. The first kappa shape index (κ1) is 10.8. The van der Waals surface area contributed by atoms with Crippen LogP contribution < -0.4 is 10.6 Å². The maximum absolute atomic E-state index is 5.76. The summed E-state index contributed by atoms with van der Waals surface area (Å²) in [6.45, 7) is 1.07. The summed E-state index contributed by atoms with van der Waals surface area (Å²) in [4.78, 5) is 11.8. The number of hydrogen-bond acceptors (Lipinski definition) is 5. The Morgan fingerprint density at radius 3 is 3.00 bits per heavy atom. The van der Waals surface area contributed by atoms with Gasteiger partial charge in [0.2, 0.25) is 5.95 Å². The van der Waals surface area contributed by atoms with Gasteiger partial charge in [0.1, 0.15) is 10.6 Å². The molecule has 2 aromatic heterocycles. The van der Waals surface area contributed by atoms with Crippen molar-refractivity contribution >= 4 is 33.3 Å². The highest BCUT2D eigenvalue weighted by molar-refractivity contribution is 7.16. The highest BCUT2D eigenvalue weighted by Crippen LogP contribution is 2.31. The van der Waals surface area contributed by atoms with Crippen molar-refractivity contribution in [3.05, 3.63) is 11.4 Å². The molecule has 0 aromatic carbocycles. The maximum Gasteiger partial charge on any atom is 0.223 e. The molecule has 0 unspecified atom stereocenters. The van der Waals surface area contributed by atoms with Crippen LogP contribution in [-0.4, -0.2) is 23.6 Å². The molecular formula is C12H16N4S. The van der Waals surface area contributed by atoms with E-state index in [0.717, 1.165) is 28.5 Å². The van der Waals surface area contributed by atoms with Crippen LogP contribution in [0.3, 0.4) is 0 Å². The van der Waals surface area contributed by atoms with E-state index in [4.69, 9.17) is 5.73 Å². The summed E-state index contributed by atoms with van der Waals surface area (Å²) >= 11 is 1.61. The number of hydrogen-bond donors (Lipinski definition) is 1. The van der Waals surface area contributed by atoms with Crippen LogP contribution in [0.1, 0.15) is 19.3 Å². The number of nitrogens with zero attached hydrogens (tertiary/aromatic N) is 3. The van der Waals surface area contributed by atoms with E-state index in [-0.39, 0.29) is 0 Å². The number of anilines is 2. The van der Waals surface area contributed by atoms with E-state index in [0.29, 0.717) is 5.95 Å². The first-order valence-corrected chi connectivity index (χ1v) is 6.84.